The van der Waals surface area contributed by atoms with Gasteiger partial charge in [0.1, 0.15) is 13.2 Å². The lowest BCUT2D eigenvalue weighted by Crippen LogP contribution is -2.34. The third kappa shape index (κ3) is 6.75. The van der Waals surface area contributed by atoms with E-state index in [0.717, 1.165) is 42.9 Å². The Kier molecular flexibility index (Phi) is 10.1. The molecule has 0 aliphatic carbocycles. The van der Waals surface area contributed by atoms with Crippen molar-refractivity contribution in [1.82, 2.24) is 25.5 Å². The molecule has 2 N–H and O–H groups in total. The van der Waals surface area contributed by atoms with E-state index in [1.165, 1.54) is 0 Å². The molecule has 33 heavy (non-hydrogen) atoms. The predicted octanol–water partition coefficient (Wildman–Crippen LogP) is 3.09. The molecule has 1 aliphatic heterocycles. The van der Waals surface area contributed by atoms with Crippen LogP contribution < -0.4 is 14.8 Å². The topological polar surface area (TPSA) is 104 Å². The molecule has 3 rings (SSSR count). The van der Waals surface area contributed by atoms with E-state index < -0.39 is 0 Å². The SMILES string of the molecule is C=CCOCCCC(NCC(CO)C(CC)CC)c1nnnn1-c1ccc2c(c1)OCCO2. The molecule has 182 valence electrons. The number of hydrogen-bond donors (Lipinski definition) is 2. The first kappa shape index (κ1) is 25.1. The number of fused-ring (bicyclic) bond motifs is 1. The van der Waals surface area contributed by atoms with Gasteiger partial charge < -0.3 is 24.6 Å². The van der Waals surface area contributed by atoms with E-state index >= 15 is 0 Å². The third-order valence-electron chi connectivity index (χ3n) is 6.17. The lowest BCUT2D eigenvalue weighted by atomic mass is 9.88. The lowest BCUT2D eigenvalue weighted by Gasteiger charge is -2.26. The van der Waals surface area contributed by atoms with Gasteiger partial charge in [-0.1, -0.05) is 32.8 Å². The van der Waals surface area contributed by atoms with E-state index in [-0.39, 0.29) is 18.6 Å². The minimum Gasteiger partial charge on any atom is -0.486 e. The number of aliphatic hydroxyl groups is 1. The average molecular weight is 460 g/mol. The lowest BCUT2D eigenvalue weighted by molar-refractivity contribution is 0.147. The van der Waals surface area contributed by atoms with Gasteiger partial charge in [-0.05, 0) is 47.2 Å². The zero-order valence-electron chi connectivity index (χ0n) is 19.8. The summed E-state index contributed by atoms with van der Waals surface area (Å²) in [6, 6.07) is 5.62. The van der Waals surface area contributed by atoms with Crippen molar-refractivity contribution in [2.24, 2.45) is 11.8 Å². The van der Waals surface area contributed by atoms with Crippen molar-refractivity contribution in [2.75, 3.05) is 39.6 Å². The molecule has 1 aromatic heterocycles. The van der Waals surface area contributed by atoms with E-state index in [1.54, 1.807) is 10.8 Å². The van der Waals surface area contributed by atoms with Crippen molar-refractivity contribution < 1.29 is 19.3 Å². The van der Waals surface area contributed by atoms with Gasteiger partial charge in [0.25, 0.3) is 0 Å². The molecule has 0 saturated carbocycles. The molecule has 0 bridgehead atoms. The van der Waals surface area contributed by atoms with Crippen molar-refractivity contribution in [3.8, 4) is 17.2 Å². The Morgan fingerprint density at radius 1 is 1.21 bits per heavy atom. The van der Waals surface area contributed by atoms with Crippen molar-refractivity contribution in [1.29, 1.82) is 0 Å². The second-order valence-corrected chi connectivity index (χ2v) is 8.26. The van der Waals surface area contributed by atoms with Crippen LogP contribution in [0.1, 0.15) is 51.4 Å². The zero-order chi connectivity index (χ0) is 23.5. The van der Waals surface area contributed by atoms with Crippen LogP contribution in [0.4, 0.5) is 0 Å². The van der Waals surface area contributed by atoms with Crippen LogP contribution in [0.2, 0.25) is 0 Å². The highest BCUT2D eigenvalue weighted by Crippen LogP contribution is 2.32. The summed E-state index contributed by atoms with van der Waals surface area (Å²) in [5, 5.41) is 26.2. The number of nitrogens with zero attached hydrogens (tertiary/aromatic N) is 4. The van der Waals surface area contributed by atoms with Gasteiger partial charge in [-0.2, -0.15) is 4.68 Å². The number of ether oxygens (including phenoxy) is 3. The maximum atomic E-state index is 9.98. The molecule has 9 heteroatoms. The summed E-state index contributed by atoms with van der Waals surface area (Å²) in [6.45, 7) is 11.1. The van der Waals surface area contributed by atoms with Crippen molar-refractivity contribution in [2.45, 2.75) is 45.6 Å². The maximum Gasteiger partial charge on any atom is 0.173 e. The van der Waals surface area contributed by atoms with Gasteiger partial charge in [0, 0.05) is 25.8 Å². The minimum atomic E-state index is -0.0936. The summed E-state index contributed by atoms with van der Waals surface area (Å²) in [5.41, 5.74) is 0.813. The first-order valence-corrected chi connectivity index (χ1v) is 11.9. The van der Waals surface area contributed by atoms with Crippen molar-refractivity contribution >= 4 is 0 Å². The van der Waals surface area contributed by atoms with Gasteiger partial charge in [-0.3, -0.25) is 0 Å². The van der Waals surface area contributed by atoms with Crippen LogP contribution in [-0.4, -0.2) is 64.9 Å². The van der Waals surface area contributed by atoms with Crippen LogP contribution in [0.15, 0.2) is 30.9 Å². The van der Waals surface area contributed by atoms with Gasteiger partial charge in [-0.25, -0.2) is 0 Å². The molecule has 0 saturated heterocycles. The van der Waals surface area contributed by atoms with E-state index in [0.29, 0.717) is 44.6 Å². The smallest absolute Gasteiger partial charge is 0.173 e. The van der Waals surface area contributed by atoms with Crippen LogP contribution in [0.3, 0.4) is 0 Å². The van der Waals surface area contributed by atoms with Crippen LogP contribution in [-0.2, 0) is 4.74 Å². The molecular weight excluding hydrogens is 422 g/mol. The summed E-state index contributed by atoms with van der Waals surface area (Å²) < 4.78 is 18.7. The monoisotopic (exact) mass is 459 g/mol. The second kappa shape index (κ2) is 13.3. The fourth-order valence-electron chi connectivity index (χ4n) is 4.27. The number of tetrazole rings is 1. The molecule has 2 aromatic rings. The number of nitrogens with one attached hydrogen (secondary N) is 1. The van der Waals surface area contributed by atoms with Gasteiger partial charge in [0.2, 0.25) is 0 Å². The fraction of sp³-hybridized carbons (Fsp3) is 0.625. The Morgan fingerprint density at radius 2 is 2.00 bits per heavy atom. The molecule has 2 heterocycles. The molecule has 2 unspecified atom stereocenters. The minimum absolute atomic E-state index is 0.0936. The Morgan fingerprint density at radius 3 is 2.73 bits per heavy atom. The number of aliphatic hydroxyl groups excluding tert-OH is 1. The third-order valence-corrected chi connectivity index (χ3v) is 6.17. The number of hydrogen-bond acceptors (Lipinski definition) is 8. The summed E-state index contributed by atoms with van der Waals surface area (Å²) in [5.74, 6) is 2.78. The predicted molar refractivity (Wildman–Crippen MR) is 126 cm³/mol. The molecule has 2 atom stereocenters. The van der Waals surface area contributed by atoms with Crippen LogP contribution in [0.25, 0.3) is 5.69 Å². The van der Waals surface area contributed by atoms with Gasteiger partial charge in [0.05, 0.1) is 18.3 Å². The summed E-state index contributed by atoms with van der Waals surface area (Å²) >= 11 is 0. The van der Waals surface area contributed by atoms with Crippen molar-refractivity contribution in [3.05, 3.63) is 36.7 Å². The molecule has 1 aromatic carbocycles. The van der Waals surface area contributed by atoms with Gasteiger partial charge >= 0.3 is 0 Å². The van der Waals surface area contributed by atoms with E-state index in [4.69, 9.17) is 14.2 Å². The molecule has 1 aliphatic rings. The molecule has 0 amide bonds. The molecule has 0 spiro atoms. The normalized spacial score (nSPS) is 14.9. The van der Waals surface area contributed by atoms with Crippen molar-refractivity contribution in [3.63, 3.8) is 0 Å². The highest BCUT2D eigenvalue weighted by atomic mass is 16.6. The zero-order valence-corrected chi connectivity index (χ0v) is 19.8. The Labute approximate surface area is 196 Å². The average Bonchev–Trinajstić information content (AvgIpc) is 3.34. The quantitative estimate of drug-likeness (QED) is 0.309. The number of benzene rings is 1. The molecule has 0 fully saturated rings. The number of aromatic nitrogens is 4. The van der Waals surface area contributed by atoms with Gasteiger partial charge in [0.15, 0.2) is 17.3 Å². The molecule has 9 nitrogen and oxygen atoms in total. The van der Waals surface area contributed by atoms with E-state index in [9.17, 15) is 5.11 Å². The molecule has 0 radical (unpaired) electrons. The Balaban J connectivity index is 1.78. The van der Waals surface area contributed by atoms with Crippen LogP contribution >= 0.6 is 0 Å². The second-order valence-electron chi connectivity index (χ2n) is 8.26. The van der Waals surface area contributed by atoms with Crippen LogP contribution in [0.5, 0.6) is 11.5 Å². The van der Waals surface area contributed by atoms with Gasteiger partial charge in [-0.15, -0.1) is 11.7 Å². The van der Waals surface area contributed by atoms with Crippen LogP contribution in [0, 0.1) is 11.8 Å². The Bertz CT molecular complexity index is 855. The molecular formula is C24H37N5O4. The van der Waals surface area contributed by atoms with E-state index in [1.807, 2.05) is 18.2 Å². The highest BCUT2D eigenvalue weighted by Gasteiger charge is 2.24. The standard InChI is InChI=1S/C24H37N5O4/c1-4-11-31-12-7-8-21(25-16-19(17-30)18(5-2)6-3)24-26-27-28-29(24)20-9-10-22-23(15-20)33-14-13-32-22/h4,9-10,15,18-19,21,25,30H,1,5-8,11-14,16-17H2,2-3H3. The summed E-state index contributed by atoms with van der Waals surface area (Å²) in [7, 11) is 0. The summed E-state index contributed by atoms with van der Waals surface area (Å²) in [4.78, 5) is 0. The highest BCUT2D eigenvalue weighted by molar-refractivity contribution is 5.49. The first-order chi connectivity index (χ1) is 16.2. The fourth-order valence-corrected chi connectivity index (χ4v) is 4.27. The van der Waals surface area contributed by atoms with E-state index in [2.05, 4.69) is 41.3 Å². The Hall–Kier alpha value is -2.49. The largest absolute Gasteiger partial charge is 0.486 e. The first-order valence-electron chi connectivity index (χ1n) is 11.9. The maximum absolute atomic E-state index is 9.98. The number of rotatable bonds is 15. The summed E-state index contributed by atoms with van der Waals surface area (Å²) in [6.07, 6.45) is 5.47.